The van der Waals surface area contributed by atoms with E-state index in [1.54, 1.807) is 18.2 Å². The Morgan fingerprint density at radius 2 is 1.52 bits per heavy atom. The van der Waals surface area contributed by atoms with Gasteiger partial charge in [-0.15, -0.1) is 0 Å². The Morgan fingerprint density at radius 3 is 2.17 bits per heavy atom. The normalized spacial score (nSPS) is 11.8. The molecule has 0 saturated carbocycles. The van der Waals surface area contributed by atoms with Crippen molar-refractivity contribution < 1.29 is 22.9 Å². The minimum Gasteiger partial charge on any atom is -0.354 e. The molecule has 0 aliphatic carbocycles. The summed E-state index contributed by atoms with van der Waals surface area (Å²) in [7, 11) is -4.36. The first kappa shape index (κ1) is 33.9. The molecule has 0 spiro atoms. The first-order valence-corrected chi connectivity index (χ1v) is 16.5. The molecule has 0 aliphatic rings. The zero-order valence-corrected chi connectivity index (χ0v) is 26.7. The van der Waals surface area contributed by atoms with Gasteiger partial charge in [-0.25, -0.2) is 8.42 Å². The van der Waals surface area contributed by atoms with Gasteiger partial charge in [-0.05, 0) is 42.7 Å². The molecule has 10 nitrogen and oxygen atoms in total. The highest BCUT2D eigenvalue weighted by Gasteiger charge is 2.35. The van der Waals surface area contributed by atoms with E-state index in [2.05, 4.69) is 5.32 Å². The third-order valence-corrected chi connectivity index (χ3v) is 9.26. The number of hydrogen-bond acceptors (Lipinski definition) is 6. The molecule has 4 rings (SSSR count). The van der Waals surface area contributed by atoms with E-state index in [4.69, 9.17) is 0 Å². The number of sulfonamides is 1. The number of nitro benzene ring substituents is 1. The summed E-state index contributed by atoms with van der Waals surface area (Å²) in [5, 5.41) is 14.6. The van der Waals surface area contributed by atoms with Gasteiger partial charge in [-0.1, -0.05) is 97.8 Å². The second-order valence-electron chi connectivity index (χ2n) is 11.0. The SMILES string of the molecule is CCCCNC(=O)[C@@H](Cc1ccccc1)N(Cc1cccc(C)c1)C(=O)CN(c1cccc([N+](=O)[O-])c1)S(=O)(=O)c1ccccc1. The van der Waals surface area contributed by atoms with Crippen molar-refractivity contribution in [3.63, 3.8) is 0 Å². The van der Waals surface area contributed by atoms with Gasteiger partial charge in [0.05, 0.1) is 15.5 Å². The Morgan fingerprint density at radius 1 is 0.870 bits per heavy atom. The number of non-ortho nitro benzene ring substituents is 1. The van der Waals surface area contributed by atoms with Gasteiger partial charge < -0.3 is 10.2 Å². The van der Waals surface area contributed by atoms with Crippen LogP contribution in [0.3, 0.4) is 0 Å². The predicted molar refractivity (Wildman–Crippen MR) is 178 cm³/mol. The van der Waals surface area contributed by atoms with Crippen molar-refractivity contribution in [2.24, 2.45) is 0 Å². The van der Waals surface area contributed by atoms with E-state index in [0.717, 1.165) is 39.9 Å². The molecule has 11 heteroatoms. The number of anilines is 1. The molecule has 0 fully saturated rings. The molecule has 1 N–H and O–H groups in total. The van der Waals surface area contributed by atoms with Gasteiger partial charge in [0.1, 0.15) is 12.6 Å². The maximum atomic E-state index is 14.5. The van der Waals surface area contributed by atoms with Crippen LogP contribution in [0.25, 0.3) is 0 Å². The molecular weight excluding hydrogens is 604 g/mol. The monoisotopic (exact) mass is 642 g/mol. The molecule has 0 aliphatic heterocycles. The Kier molecular flexibility index (Phi) is 11.6. The summed E-state index contributed by atoms with van der Waals surface area (Å²) in [6.45, 7) is 3.70. The summed E-state index contributed by atoms with van der Waals surface area (Å²) < 4.78 is 29.0. The minimum absolute atomic E-state index is 0.0351. The molecule has 0 saturated heterocycles. The van der Waals surface area contributed by atoms with Crippen molar-refractivity contribution in [2.45, 2.75) is 50.6 Å². The predicted octanol–water partition coefficient (Wildman–Crippen LogP) is 5.65. The van der Waals surface area contributed by atoms with Gasteiger partial charge in [0.25, 0.3) is 15.7 Å². The summed E-state index contributed by atoms with van der Waals surface area (Å²) in [6, 6.07) is 28.6. The van der Waals surface area contributed by atoms with Gasteiger partial charge in [0, 0.05) is 31.6 Å². The van der Waals surface area contributed by atoms with E-state index in [0.29, 0.717) is 6.54 Å². The van der Waals surface area contributed by atoms with Crippen LogP contribution in [0.1, 0.15) is 36.5 Å². The van der Waals surface area contributed by atoms with Crippen molar-refractivity contribution in [3.05, 3.63) is 136 Å². The number of hydrogen-bond donors (Lipinski definition) is 1. The fraction of sp³-hybridized carbons (Fsp3) is 0.257. The third kappa shape index (κ3) is 8.79. The number of carbonyl (C=O) groups is 2. The Hall–Kier alpha value is -5.03. The first-order valence-electron chi connectivity index (χ1n) is 15.1. The van der Waals surface area contributed by atoms with E-state index in [9.17, 15) is 28.1 Å². The van der Waals surface area contributed by atoms with Gasteiger partial charge in [-0.2, -0.15) is 0 Å². The lowest BCUT2D eigenvalue weighted by Gasteiger charge is -2.34. The number of aryl methyl sites for hydroxylation is 1. The number of rotatable bonds is 15. The van der Waals surface area contributed by atoms with E-state index in [-0.39, 0.29) is 35.1 Å². The van der Waals surface area contributed by atoms with E-state index in [1.165, 1.54) is 35.2 Å². The molecule has 0 bridgehead atoms. The zero-order chi connectivity index (χ0) is 33.1. The standard InChI is InChI=1S/C35H38N4O6S/c1-3-4-21-36-35(41)33(23-28-14-7-5-8-15-28)37(25-29-16-11-13-27(2)22-29)34(40)26-38(30-17-12-18-31(24-30)39(42)43)46(44,45)32-19-9-6-10-20-32/h5-20,22,24,33H,3-4,21,23,25-26H2,1-2H3,(H,36,41)/t33-/m1/s1. The number of unbranched alkanes of at least 4 members (excludes halogenated alkanes) is 1. The molecule has 2 amide bonds. The van der Waals surface area contributed by atoms with Crippen molar-refractivity contribution >= 4 is 33.2 Å². The molecule has 0 heterocycles. The topological polar surface area (TPSA) is 130 Å². The van der Waals surface area contributed by atoms with Crippen LogP contribution in [0.4, 0.5) is 11.4 Å². The molecule has 4 aromatic rings. The smallest absolute Gasteiger partial charge is 0.271 e. The number of benzene rings is 4. The molecule has 240 valence electrons. The lowest BCUT2D eigenvalue weighted by Crippen LogP contribution is -2.53. The number of nitrogens with one attached hydrogen (secondary N) is 1. The average molecular weight is 643 g/mol. The molecule has 1 atom stereocenters. The van der Waals surface area contributed by atoms with Crippen LogP contribution in [0.15, 0.2) is 114 Å². The second kappa shape index (κ2) is 15.8. The third-order valence-electron chi connectivity index (χ3n) is 7.47. The van der Waals surface area contributed by atoms with Crippen molar-refractivity contribution in [1.29, 1.82) is 0 Å². The van der Waals surface area contributed by atoms with Crippen LogP contribution in [-0.4, -0.2) is 49.2 Å². The quantitative estimate of drug-likeness (QED) is 0.101. The van der Waals surface area contributed by atoms with Crippen LogP contribution < -0.4 is 9.62 Å². The van der Waals surface area contributed by atoms with E-state index >= 15 is 0 Å². The lowest BCUT2D eigenvalue weighted by molar-refractivity contribution is -0.384. The van der Waals surface area contributed by atoms with Gasteiger partial charge >= 0.3 is 0 Å². The summed E-state index contributed by atoms with van der Waals surface area (Å²) in [5.41, 5.74) is 2.18. The maximum Gasteiger partial charge on any atom is 0.271 e. The van der Waals surface area contributed by atoms with Crippen LogP contribution in [-0.2, 0) is 32.6 Å². The first-order chi connectivity index (χ1) is 22.1. The number of carbonyl (C=O) groups excluding carboxylic acids is 2. The van der Waals surface area contributed by atoms with E-state index < -0.39 is 33.4 Å². The Bertz CT molecular complexity index is 1750. The van der Waals surface area contributed by atoms with Gasteiger partial charge in [0.2, 0.25) is 11.8 Å². The van der Waals surface area contributed by atoms with Crippen LogP contribution in [0, 0.1) is 17.0 Å². The summed E-state index contributed by atoms with van der Waals surface area (Å²) in [4.78, 5) is 40.6. The lowest BCUT2D eigenvalue weighted by atomic mass is 10.0. The number of nitrogens with zero attached hydrogens (tertiary/aromatic N) is 3. The summed E-state index contributed by atoms with van der Waals surface area (Å²) in [6.07, 6.45) is 1.81. The van der Waals surface area contributed by atoms with Crippen LogP contribution in [0.2, 0.25) is 0 Å². The van der Waals surface area contributed by atoms with Crippen molar-refractivity contribution in [1.82, 2.24) is 10.2 Å². The Balaban J connectivity index is 1.81. The summed E-state index contributed by atoms with van der Waals surface area (Å²) >= 11 is 0. The fourth-order valence-electron chi connectivity index (χ4n) is 5.08. The van der Waals surface area contributed by atoms with Gasteiger partial charge in [0.15, 0.2) is 0 Å². The van der Waals surface area contributed by atoms with E-state index in [1.807, 2.05) is 68.4 Å². The number of nitro groups is 1. The molecule has 46 heavy (non-hydrogen) atoms. The minimum atomic E-state index is -4.36. The van der Waals surface area contributed by atoms with Gasteiger partial charge in [-0.3, -0.25) is 24.0 Å². The Labute approximate surface area is 269 Å². The summed E-state index contributed by atoms with van der Waals surface area (Å²) in [5.74, 6) is -0.995. The molecule has 0 radical (unpaired) electrons. The molecular formula is C35H38N4O6S. The largest absolute Gasteiger partial charge is 0.354 e. The molecule has 4 aromatic carbocycles. The van der Waals surface area contributed by atoms with Crippen LogP contribution >= 0.6 is 0 Å². The fourth-order valence-corrected chi connectivity index (χ4v) is 6.50. The van der Waals surface area contributed by atoms with Crippen molar-refractivity contribution in [2.75, 3.05) is 17.4 Å². The molecule has 0 unspecified atom stereocenters. The maximum absolute atomic E-state index is 14.5. The average Bonchev–Trinajstić information content (AvgIpc) is 3.06. The molecule has 0 aromatic heterocycles. The zero-order valence-electron chi connectivity index (χ0n) is 25.9. The number of amides is 2. The highest BCUT2D eigenvalue weighted by atomic mass is 32.2. The van der Waals surface area contributed by atoms with Crippen LogP contribution in [0.5, 0.6) is 0 Å². The highest BCUT2D eigenvalue weighted by molar-refractivity contribution is 7.92. The van der Waals surface area contributed by atoms with Crippen molar-refractivity contribution in [3.8, 4) is 0 Å². The second-order valence-corrected chi connectivity index (χ2v) is 12.8. The highest BCUT2D eigenvalue weighted by Crippen LogP contribution is 2.28.